The first-order valence-electron chi connectivity index (χ1n) is 8.48. The number of carbonyl (C=O) groups is 1. The van der Waals surface area contributed by atoms with Crippen molar-refractivity contribution >= 4 is 29.4 Å². The van der Waals surface area contributed by atoms with Gasteiger partial charge < -0.3 is 4.90 Å². The first-order valence-corrected chi connectivity index (χ1v) is 10.5. The number of amides is 1. The molecule has 1 aliphatic heterocycles. The Balaban J connectivity index is 1.46. The minimum atomic E-state index is -0.272. The van der Waals surface area contributed by atoms with E-state index in [1.165, 1.54) is 17.8 Å². The van der Waals surface area contributed by atoms with Gasteiger partial charge in [-0.15, -0.1) is 22.0 Å². The van der Waals surface area contributed by atoms with Crippen molar-refractivity contribution in [1.29, 1.82) is 0 Å². The average Bonchev–Trinajstić information content (AvgIpc) is 3.37. The van der Waals surface area contributed by atoms with Crippen LogP contribution in [0.3, 0.4) is 0 Å². The minimum Gasteiger partial charge on any atom is -0.325 e. The van der Waals surface area contributed by atoms with E-state index in [9.17, 15) is 9.18 Å². The Morgan fingerprint density at radius 2 is 1.96 bits per heavy atom. The number of hydrogen-bond donors (Lipinski definition) is 0. The Labute approximate surface area is 165 Å². The van der Waals surface area contributed by atoms with Crippen molar-refractivity contribution < 1.29 is 9.18 Å². The van der Waals surface area contributed by atoms with E-state index in [-0.39, 0.29) is 22.9 Å². The average molecular weight is 401 g/mol. The number of nitrogens with zero attached hydrogens (tertiary/aromatic N) is 4. The molecule has 0 saturated carbocycles. The van der Waals surface area contributed by atoms with Crippen LogP contribution in [-0.2, 0) is 4.79 Å². The molecule has 0 radical (unpaired) electrons. The van der Waals surface area contributed by atoms with Crippen LogP contribution in [0.25, 0.3) is 5.69 Å². The highest BCUT2D eigenvalue weighted by Crippen LogP contribution is 2.39. The number of para-hydroxylation sites is 1. The van der Waals surface area contributed by atoms with Gasteiger partial charge in [0.15, 0.2) is 5.16 Å². The summed E-state index contributed by atoms with van der Waals surface area (Å²) < 4.78 is 16.0. The standard InChI is InChI=1S/C19H17FN4OS2/c20-16-9-5-4-8-15(16)18-23(10-11-26-18)17(25)12-27-19-22-21-13-24(19)14-6-2-1-3-7-14/h1-9,13,18H,10-12H2/t18-/m0/s1. The van der Waals surface area contributed by atoms with Crippen molar-refractivity contribution in [3.8, 4) is 5.69 Å². The summed E-state index contributed by atoms with van der Waals surface area (Å²) in [5.41, 5.74) is 1.50. The highest BCUT2D eigenvalue weighted by molar-refractivity contribution is 8.00. The zero-order valence-electron chi connectivity index (χ0n) is 14.4. The molecule has 2 aromatic carbocycles. The topological polar surface area (TPSA) is 51.0 Å². The molecule has 0 spiro atoms. The maximum atomic E-state index is 14.1. The lowest BCUT2D eigenvalue weighted by atomic mass is 10.2. The Morgan fingerprint density at radius 1 is 1.19 bits per heavy atom. The van der Waals surface area contributed by atoms with Crippen LogP contribution in [0.4, 0.5) is 4.39 Å². The summed E-state index contributed by atoms with van der Waals surface area (Å²) in [5, 5.41) is 8.47. The number of rotatable bonds is 5. The van der Waals surface area contributed by atoms with Crippen LogP contribution < -0.4 is 0 Å². The number of thioether (sulfide) groups is 2. The second kappa shape index (κ2) is 8.14. The summed E-state index contributed by atoms with van der Waals surface area (Å²) in [6.45, 7) is 0.619. The summed E-state index contributed by atoms with van der Waals surface area (Å²) >= 11 is 2.93. The predicted molar refractivity (Wildman–Crippen MR) is 105 cm³/mol. The van der Waals surface area contributed by atoms with E-state index in [4.69, 9.17) is 0 Å². The summed E-state index contributed by atoms with van der Waals surface area (Å²) in [5.74, 6) is 0.735. The van der Waals surface area contributed by atoms with Gasteiger partial charge in [-0.3, -0.25) is 9.36 Å². The summed E-state index contributed by atoms with van der Waals surface area (Å²) in [6, 6.07) is 16.4. The molecule has 1 saturated heterocycles. The van der Waals surface area contributed by atoms with Crippen molar-refractivity contribution in [2.45, 2.75) is 10.5 Å². The van der Waals surface area contributed by atoms with Gasteiger partial charge in [0, 0.05) is 23.5 Å². The molecule has 3 aromatic rings. The predicted octanol–water partition coefficient (Wildman–Crippen LogP) is 3.77. The largest absolute Gasteiger partial charge is 0.325 e. The second-order valence-electron chi connectivity index (χ2n) is 5.94. The van der Waals surface area contributed by atoms with Crippen molar-refractivity contribution in [1.82, 2.24) is 19.7 Å². The van der Waals surface area contributed by atoms with Gasteiger partial charge in [0.25, 0.3) is 0 Å². The monoisotopic (exact) mass is 400 g/mol. The number of hydrogen-bond acceptors (Lipinski definition) is 5. The van der Waals surface area contributed by atoms with Gasteiger partial charge in [0.2, 0.25) is 5.91 Å². The molecule has 138 valence electrons. The summed E-state index contributed by atoms with van der Waals surface area (Å²) in [7, 11) is 0. The Morgan fingerprint density at radius 3 is 2.78 bits per heavy atom. The molecule has 0 aliphatic carbocycles. The Hall–Kier alpha value is -2.32. The maximum absolute atomic E-state index is 14.1. The molecule has 5 nitrogen and oxygen atoms in total. The van der Waals surface area contributed by atoms with Crippen LogP contribution in [0.15, 0.2) is 66.1 Å². The molecule has 4 rings (SSSR count). The minimum absolute atomic E-state index is 0.0270. The number of aromatic nitrogens is 3. The zero-order valence-corrected chi connectivity index (χ0v) is 16.0. The number of benzene rings is 2. The molecule has 1 aliphatic rings. The molecule has 0 N–H and O–H groups in total. The zero-order chi connectivity index (χ0) is 18.6. The molecular weight excluding hydrogens is 383 g/mol. The third kappa shape index (κ3) is 3.86. The first-order chi connectivity index (χ1) is 13.2. The van der Waals surface area contributed by atoms with E-state index in [1.54, 1.807) is 41.2 Å². The van der Waals surface area contributed by atoms with Crippen LogP contribution in [0.2, 0.25) is 0 Å². The lowest BCUT2D eigenvalue weighted by Gasteiger charge is -2.24. The first kappa shape index (κ1) is 18.1. The van der Waals surface area contributed by atoms with Crippen LogP contribution in [0.5, 0.6) is 0 Å². The summed E-state index contributed by atoms with van der Waals surface area (Å²) in [6.07, 6.45) is 1.63. The molecule has 2 heterocycles. The normalized spacial score (nSPS) is 16.6. The van der Waals surface area contributed by atoms with Gasteiger partial charge in [-0.05, 0) is 18.2 Å². The molecule has 1 atom stereocenters. The van der Waals surface area contributed by atoms with Crippen molar-refractivity contribution in [3.63, 3.8) is 0 Å². The van der Waals surface area contributed by atoms with Crippen LogP contribution >= 0.6 is 23.5 Å². The molecule has 0 bridgehead atoms. The summed E-state index contributed by atoms with van der Waals surface area (Å²) in [4.78, 5) is 14.5. The lowest BCUT2D eigenvalue weighted by molar-refractivity contribution is -0.128. The van der Waals surface area contributed by atoms with E-state index in [2.05, 4.69) is 10.2 Å². The molecular formula is C19H17FN4OS2. The lowest BCUT2D eigenvalue weighted by Crippen LogP contribution is -2.32. The fraction of sp³-hybridized carbons (Fsp3) is 0.211. The molecule has 1 amide bonds. The fourth-order valence-electron chi connectivity index (χ4n) is 2.96. The molecule has 8 heteroatoms. The Bertz CT molecular complexity index is 934. The second-order valence-corrected chi connectivity index (χ2v) is 8.07. The van der Waals surface area contributed by atoms with Crippen LogP contribution in [0, 0.1) is 5.82 Å². The van der Waals surface area contributed by atoms with Gasteiger partial charge in [-0.1, -0.05) is 48.2 Å². The highest BCUT2D eigenvalue weighted by atomic mass is 32.2. The highest BCUT2D eigenvalue weighted by Gasteiger charge is 2.32. The van der Waals surface area contributed by atoms with Gasteiger partial charge in [-0.25, -0.2) is 4.39 Å². The van der Waals surface area contributed by atoms with E-state index in [0.717, 1.165) is 11.4 Å². The molecule has 1 aromatic heterocycles. The molecule has 1 fully saturated rings. The van der Waals surface area contributed by atoms with Gasteiger partial charge in [0.05, 0.1) is 5.75 Å². The number of carbonyl (C=O) groups excluding carboxylic acids is 1. The third-order valence-corrected chi connectivity index (χ3v) is 6.43. The van der Waals surface area contributed by atoms with Gasteiger partial charge >= 0.3 is 0 Å². The van der Waals surface area contributed by atoms with Crippen LogP contribution in [0.1, 0.15) is 10.9 Å². The van der Waals surface area contributed by atoms with Gasteiger partial charge in [0.1, 0.15) is 17.5 Å². The van der Waals surface area contributed by atoms with E-state index in [0.29, 0.717) is 17.3 Å². The quantitative estimate of drug-likeness (QED) is 0.610. The third-order valence-electron chi connectivity index (χ3n) is 4.26. The SMILES string of the molecule is O=C(CSc1nncn1-c1ccccc1)N1CCS[C@H]1c1ccccc1F. The molecule has 27 heavy (non-hydrogen) atoms. The maximum Gasteiger partial charge on any atom is 0.234 e. The molecule has 0 unspecified atom stereocenters. The van der Waals surface area contributed by atoms with E-state index < -0.39 is 0 Å². The fourth-order valence-corrected chi connectivity index (χ4v) is 5.07. The Kier molecular flexibility index (Phi) is 5.45. The smallest absolute Gasteiger partial charge is 0.234 e. The van der Waals surface area contributed by atoms with E-state index in [1.807, 2.05) is 34.9 Å². The van der Waals surface area contributed by atoms with E-state index >= 15 is 0 Å². The van der Waals surface area contributed by atoms with Crippen molar-refractivity contribution in [2.24, 2.45) is 0 Å². The van der Waals surface area contributed by atoms with Crippen LogP contribution in [-0.4, -0.2) is 43.6 Å². The van der Waals surface area contributed by atoms with Crippen molar-refractivity contribution in [3.05, 3.63) is 72.3 Å². The van der Waals surface area contributed by atoms with Gasteiger partial charge in [-0.2, -0.15) is 0 Å². The van der Waals surface area contributed by atoms with Crippen molar-refractivity contribution in [2.75, 3.05) is 18.1 Å². The number of halogens is 1.